The zero-order valence-corrected chi connectivity index (χ0v) is 45.8. The lowest BCUT2D eigenvalue weighted by molar-refractivity contribution is 0.281. The monoisotopic (exact) mass is 960 g/mol. The fraction of sp³-hybridized carbons (Fsp3) is 0.455. The van der Waals surface area contributed by atoms with Crippen molar-refractivity contribution >= 4 is 72.9 Å². The maximum atomic E-state index is 11.3. The molecule has 0 amide bonds. The van der Waals surface area contributed by atoms with Gasteiger partial charge in [-0.15, -0.1) is 30.0 Å². The maximum Gasteiger partial charge on any atom is 0.314 e. The van der Waals surface area contributed by atoms with Gasteiger partial charge in [-0.05, 0) is 189 Å². The second kappa shape index (κ2) is 18.7. The molecule has 2 heterocycles. The van der Waals surface area contributed by atoms with E-state index in [1.54, 1.807) is 0 Å². The zero-order valence-electron chi connectivity index (χ0n) is 39.8. The topological polar surface area (TPSA) is 148 Å². The lowest BCUT2D eigenvalue weighted by atomic mass is 10.0. The van der Waals surface area contributed by atoms with Gasteiger partial charge >= 0.3 is 34.2 Å². The fourth-order valence-corrected chi connectivity index (χ4v) is 38.9. The summed E-state index contributed by atoms with van der Waals surface area (Å²) >= 11 is 0. The Morgan fingerprint density at radius 2 is 0.730 bits per heavy atom. The Labute approximate surface area is 380 Å². The summed E-state index contributed by atoms with van der Waals surface area (Å²) in [4.78, 5) is 3.07. The number of fused-ring (bicyclic) bond motifs is 2. The molecule has 4 aromatic carbocycles. The highest BCUT2D eigenvalue weighted by atomic mass is 28.5. The van der Waals surface area contributed by atoms with E-state index in [2.05, 4.69) is 99.0 Å². The van der Waals surface area contributed by atoms with E-state index in [0.717, 1.165) is 69.3 Å². The quantitative estimate of drug-likeness (QED) is 0.0705. The van der Waals surface area contributed by atoms with Gasteiger partial charge < -0.3 is 30.8 Å². The van der Waals surface area contributed by atoms with Crippen molar-refractivity contribution in [2.45, 2.75) is 130 Å². The van der Waals surface area contributed by atoms with E-state index in [4.69, 9.17) is 20.6 Å². The van der Waals surface area contributed by atoms with Crippen LogP contribution >= 0.6 is 0 Å². The van der Waals surface area contributed by atoms with Gasteiger partial charge in [0, 0.05) is 0 Å². The van der Waals surface area contributed by atoms with Gasteiger partial charge in [0.25, 0.3) is 0 Å². The highest BCUT2D eigenvalue weighted by Crippen LogP contribution is 2.34. The maximum absolute atomic E-state index is 11.3. The first kappa shape index (κ1) is 48.8. The molecule has 0 fully saturated rings. The van der Waals surface area contributed by atoms with Crippen molar-refractivity contribution < 1.29 is 30.8 Å². The third-order valence-corrected chi connectivity index (χ3v) is 33.9. The van der Waals surface area contributed by atoms with Gasteiger partial charge in [-0.2, -0.15) is 0 Å². The van der Waals surface area contributed by atoms with E-state index in [-0.39, 0.29) is 11.5 Å². The summed E-state index contributed by atoms with van der Waals surface area (Å²) in [5.74, 6) is 0.432. The molecule has 19 heteroatoms. The number of hydrogen-bond acceptors (Lipinski definition) is 11. The van der Waals surface area contributed by atoms with Crippen molar-refractivity contribution in [2.24, 2.45) is 0 Å². The van der Waals surface area contributed by atoms with E-state index in [1.165, 1.54) is 9.59 Å². The van der Waals surface area contributed by atoms with Gasteiger partial charge in [0.2, 0.25) is 0 Å². The minimum absolute atomic E-state index is 0.216. The molecule has 0 aliphatic rings. The van der Waals surface area contributed by atoms with Crippen molar-refractivity contribution in [1.82, 2.24) is 30.0 Å². The Balaban J connectivity index is 0.991. The molecule has 0 unspecified atom stereocenters. The van der Waals surface area contributed by atoms with Gasteiger partial charge in [0.05, 0.1) is 0 Å². The van der Waals surface area contributed by atoms with Gasteiger partial charge in [0.15, 0.2) is 16.6 Å². The summed E-state index contributed by atoms with van der Waals surface area (Å²) in [6.45, 7) is 29.9. The second-order valence-corrected chi connectivity index (χ2v) is 43.2. The summed E-state index contributed by atoms with van der Waals surface area (Å²) in [6, 6.07) is 25.2. The summed E-state index contributed by atoms with van der Waals surface area (Å²) in [5, 5.41) is 41.1. The highest BCUT2D eigenvalue weighted by molar-refractivity contribution is 6.91. The van der Waals surface area contributed by atoms with Crippen LogP contribution in [0, 0.1) is 13.8 Å². The lowest BCUT2D eigenvalue weighted by Gasteiger charge is -2.43. The number of nitrogens with zero attached hydrogens (tertiary/aromatic N) is 6. The van der Waals surface area contributed by atoms with Gasteiger partial charge in [-0.1, -0.05) is 36.4 Å². The first-order valence-corrected chi connectivity index (χ1v) is 39.5. The molecule has 0 atom stereocenters. The number of rotatable bonds is 20. The predicted octanol–water partition coefficient (Wildman–Crippen LogP) is 11.0. The molecule has 0 saturated heterocycles. The van der Waals surface area contributed by atoms with Crippen LogP contribution in [0.25, 0.3) is 33.4 Å². The fourth-order valence-electron chi connectivity index (χ4n) is 8.99. The van der Waals surface area contributed by atoms with Gasteiger partial charge in [-0.3, -0.25) is 0 Å². The molecule has 63 heavy (non-hydrogen) atoms. The molecule has 0 spiro atoms. The molecule has 0 radical (unpaired) electrons. The highest BCUT2D eigenvalue weighted by Gasteiger charge is 2.47. The van der Waals surface area contributed by atoms with Crippen LogP contribution in [0.4, 0.5) is 0 Å². The third kappa shape index (κ3) is 13.2. The summed E-state index contributed by atoms with van der Waals surface area (Å²) in [5.41, 5.74) is 8.18. The SMILES string of the molecule is Cc1cc(CCC[Si](C)(C)O[Si](C)(C)O[Si](C)(C)O[Si](C)(C)O[Si](C)(C)O[Si](C)(C)CCCc2cc(C)cc(-n3nc4ccccc4n3)c2O)c(O)c(-n2nc3ccccc3n2)c1. The van der Waals surface area contributed by atoms with Crippen LogP contribution in [0.5, 0.6) is 11.5 Å². The van der Waals surface area contributed by atoms with Crippen LogP contribution in [0.15, 0.2) is 72.8 Å². The van der Waals surface area contributed by atoms with Crippen molar-refractivity contribution in [3.8, 4) is 22.9 Å². The van der Waals surface area contributed by atoms with Crippen molar-refractivity contribution in [1.29, 1.82) is 0 Å². The Kier molecular flexibility index (Phi) is 14.5. The molecule has 0 saturated carbocycles. The van der Waals surface area contributed by atoms with Crippen molar-refractivity contribution in [3.63, 3.8) is 0 Å². The zero-order chi connectivity index (χ0) is 46.2. The molecule has 0 bridgehead atoms. The first-order valence-electron chi connectivity index (χ1n) is 22.0. The molecule has 2 aromatic heterocycles. The lowest BCUT2D eigenvalue weighted by Crippen LogP contribution is -2.60. The average Bonchev–Trinajstić information content (AvgIpc) is 3.76. The molecule has 0 aliphatic carbocycles. The van der Waals surface area contributed by atoms with E-state index in [9.17, 15) is 10.2 Å². The van der Waals surface area contributed by atoms with E-state index in [0.29, 0.717) is 24.2 Å². The van der Waals surface area contributed by atoms with Crippen molar-refractivity contribution in [3.05, 3.63) is 95.1 Å². The van der Waals surface area contributed by atoms with Crippen LogP contribution in [0.3, 0.4) is 0 Å². The summed E-state index contributed by atoms with van der Waals surface area (Å²) in [6.07, 6.45) is 3.17. The number of aromatic nitrogens is 6. The normalized spacial score (nSPS) is 13.4. The molecule has 0 aliphatic heterocycles. The Bertz CT molecular complexity index is 2320. The van der Waals surface area contributed by atoms with Gasteiger partial charge in [-0.25, -0.2) is 0 Å². The number of phenols is 2. The Hall–Kier alpha value is -3.62. The molecule has 13 nitrogen and oxygen atoms in total. The smallest absolute Gasteiger partial charge is 0.314 e. The molecular weight excluding hydrogens is 893 g/mol. The third-order valence-electron chi connectivity index (χ3n) is 10.6. The molecular formula is C44H68N6O7Si6. The first-order chi connectivity index (χ1) is 29.2. The minimum Gasteiger partial charge on any atom is -0.505 e. The van der Waals surface area contributed by atoms with Crippen molar-refractivity contribution in [2.75, 3.05) is 0 Å². The van der Waals surface area contributed by atoms with Crippen LogP contribution in [0.1, 0.15) is 35.1 Å². The van der Waals surface area contributed by atoms with Crippen LogP contribution in [-0.2, 0) is 33.4 Å². The van der Waals surface area contributed by atoms with E-state index >= 15 is 0 Å². The summed E-state index contributed by atoms with van der Waals surface area (Å²) in [7, 11) is -15.0. The number of hydrogen-bond donors (Lipinski definition) is 2. The molecule has 6 aromatic rings. The van der Waals surface area contributed by atoms with Crippen LogP contribution in [0.2, 0.25) is 90.7 Å². The van der Waals surface area contributed by atoms with Crippen LogP contribution in [-0.4, -0.2) is 91.1 Å². The van der Waals surface area contributed by atoms with Crippen LogP contribution < -0.4 is 0 Å². The Morgan fingerprint density at radius 1 is 0.444 bits per heavy atom. The second-order valence-electron chi connectivity index (χ2n) is 19.9. The number of aromatic hydroxyl groups is 2. The predicted molar refractivity (Wildman–Crippen MR) is 267 cm³/mol. The number of aryl methyl sites for hydroxylation is 4. The largest absolute Gasteiger partial charge is 0.505 e. The number of phenolic OH excluding ortho intramolecular Hbond substituents is 2. The standard InChI is InChI=1S/C44H68N6O7Si6/c1-33-29-35(43(51)41(31-33)49-45-37-23-15-16-24-38(37)46-49)21-19-27-58(3,4)53-60(7,8)55-62(11,12)57-63(13,14)56-61(9,10)54-59(5,6)28-20-22-36-30-34(2)32-42(44(36)52)50-47-39-25-17-18-26-40(39)48-50/h15-18,23-26,29-32,51-52H,19-22,27-28H2,1-14H3. The number of benzene rings is 4. The minimum atomic E-state index is -2.70. The summed E-state index contributed by atoms with van der Waals surface area (Å²) < 4.78 is 34.6. The molecule has 2 N–H and O–H groups in total. The van der Waals surface area contributed by atoms with E-state index in [1.807, 2.05) is 86.6 Å². The average molecular weight is 962 g/mol. The van der Waals surface area contributed by atoms with E-state index < -0.39 is 50.9 Å². The van der Waals surface area contributed by atoms with Gasteiger partial charge in [0.1, 0.15) is 44.9 Å². The molecule has 340 valence electrons. The molecule has 6 rings (SSSR count). The Morgan fingerprint density at radius 3 is 1.03 bits per heavy atom.